The first-order valence-corrected chi connectivity index (χ1v) is 4.84. The highest BCUT2D eigenvalue weighted by atomic mass is 35.5. The molecule has 2 saturated heterocycles. The third-order valence-electron chi connectivity index (χ3n) is 2.85. The van der Waals surface area contributed by atoms with E-state index in [4.69, 9.17) is 9.47 Å². The van der Waals surface area contributed by atoms with Gasteiger partial charge in [0.2, 0.25) is 0 Å². The predicted octanol–water partition coefficient (Wildman–Crippen LogP) is 0.967. The van der Waals surface area contributed by atoms with Gasteiger partial charge in [0.25, 0.3) is 0 Å². The van der Waals surface area contributed by atoms with Gasteiger partial charge in [0, 0.05) is 19.8 Å². The summed E-state index contributed by atoms with van der Waals surface area (Å²) in [5.41, 5.74) is 0.155. The Balaban J connectivity index is 0.000000845. The summed E-state index contributed by atoms with van der Waals surface area (Å²) in [5.74, 6) is 0. The largest absolute Gasteiger partial charge is 0.381 e. The lowest BCUT2D eigenvalue weighted by molar-refractivity contribution is -0.105. The van der Waals surface area contributed by atoms with E-state index >= 15 is 0 Å². The molecular weight excluding hydrogens is 190 g/mol. The lowest BCUT2D eigenvalue weighted by Gasteiger charge is -2.35. The van der Waals surface area contributed by atoms with Crippen LogP contribution in [0.25, 0.3) is 0 Å². The first-order chi connectivity index (χ1) is 5.91. The predicted molar refractivity (Wildman–Crippen MR) is 53.5 cm³/mol. The Morgan fingerprint density at radius 2 is 1.69 bits per heavy atom. The molecule has 0 unspecified atom stereocenters. The van der Waals surface area contributed by atoms with Crippen molar-refractivity contribution in [2.45, 2.75) is 24.9 Å². The van der Waals surface area contributed by atoms with E-state index in [1.165, 1.54) is 0 Å². The number of hydrogen-bond acceptors (Lipinski definition) is 3. The van der Waals surface area contributed by atoms with Crippen molar-refractivity contribution in [3.05, 3.63) is 0 Å². The average Bonchev–Trinajstić information content (AvgIpc) is 2.33. The van der Waals surface area contributed by atoms with Crippen molar-refractivity contribution >= 4 is 12.4 Å². The van der Waals surface area contributed by atoms with Crippen LogP contribution in [0.15, 0.2) is 0 Å². The molecule has 2 aliphatic heterocycles. The maximum Gasteiger partial charge on any atom is 0.0739 e. The van der Waals surface area contributed by atoms with Crippen LogP contribution in [0.5, 0.6) is 0 Å². The van der Waals surface area contributed by atoms with Crippen LogP contribution in [-0.4, -0.2) is 38.5 Å². The number of rotatable bonds is 0. The van der Waals surface area contributed by atoms with E-state index in [2.05, 4.69) is 5.32 Å². The minimum Gasteiger partial charge on any atom is -0.381 e. The molecule has 0 aromatic carbocycles. The van der Waals surface area contributed by atoms with Crippen LogP contribution in [-0.2, 0) is 9.47 Å². The van der Waals surface area contributed by atoms with E-state index in [9.17, 15) is 0 Å². The molecule has 0 radical (unpaired) electrons. The SMILES string of the molecule is C1COC2(CCN1)CCOCC2.Cl. The summed E-state index contributed by atoms with van der Waals surface area (Å²) in [7, 11) is 0. The van der Waals surface area contributed by atoms with E-state index in [1.807, 2.05) is 0 Å². The third kappa shape index (κ3) is 2.81. The Morgan fingerprint density at radius 1 is 0.923 bits per heavy atom. The van der Waals surface area contributed by atoms with E-state index in [1.54, 1.807) is 0 Å². The molecule has 2 rings (SSSR count). The fraction of sp³-hybridized carbons (Fsp3) is 1.00. The Kier molecular flexibility index (Phi) is 4.46. The van der Waals surface area contributed by atoms with Crippen molar-refractivity contribution in [1.29, 1.82) is 0 Å². The van der Waals surface area contributed by atoms with Gasteiger partial charge in [-0.15, -0.1) is 12.4 Å². The van der Waals surface area contributed by atoms with Crippen molar-refractivity contribution in [1.82, 2.24) is 5.32 Å². The molecule has 0 atom stereocenters. The molecule has 2 aliphatic rings. The number of ether oxygens (including phenoxy) is 2. The van der Waals surface area contributed by atoms with Gasteiger partial charge in [0.15, 0.2) is 0 Å². The van der Waals surface area contributed by atoms with Crippen molar-refractivity contribution < 1.29 is 9.47 Å². The van der Waals surface area contributed by atoms with Crippen LogP contribution in [0.1, 0.15) is 19.3 Å². The molecule has 78 valence electrons. The molecular formula is C9H18ClNO2. The smallest absolute Gasteiger partial charge is 0.0739 e. The molecule has 0 amide bonds. The molecule has 13 heavy (non-hydrogen) atoms. The molecule has 4 heteroatoms. The van der Waals surface area contributed by atoms with E-state index in [-0.39, 0.29) is 18.0 Å². The molecule has 2 heterocycles. The van der Waals surface area contributed by atoms with Crippen LogP contribution >= 0.6 is 12.4 Å². The van der Waals surface area contributed by atoms with E-state index in [0.717, 1.165) is 52.2 Å². The normalized spacial score (nSPS) is 27.7. The van der Waals surface area contributed by atoms with Gasteiger partial charge in [0.05, 0.1) is 12.2 Å². The van der Waals surface area contributed by atoms with Crippen molar-refractivity contribution in [2.24, 2.45) is 0 Å². The molecule has 2 fully saturated rings. The van der Waals surface area contributed by atoms with Gasteiger partial charge in [0.1, 0.15) is 0 Å². The summed E-state index contributed by atoms with van der Waals surface area (Å²) in [6, 6.07) is 0. The van der Waals surface area contributed by atoms with Crippen LogP contribution < -0.4 is 5.32 Å². The number of halogens is 1. The fourth-order valence-electron chi connectivity index (χ4n) is 1.99. The molecule has 1 N–H and O–H groups in total. The minimum absolute atomic E-state index is 0. The highest BCUT2D eigenvalue weighted by Crippen LogP contribution is 2.29. The highest BCUT2D eigenvalue weighted by Gasteiger charge is 2.33. The zero-order chi connectivity index (χ0) is 8.28. The zero-order valence-corrected chi connectivity index (χ0v) is 8.70. The Bertz CT molecular complexity index is 139. The summed E-state index contributed by atoms with van der Waals surface area (Å²) in [4.78, 5) is 0. The number of hydrogen-bond donors (Lipinski definition) is 1. The Labute approximate surface area is 85.6 Å². The van der Waals surface area contributed by atoms with Gasteiger partial charge in [-0.1, -0.05) is 0 Å². The Morgan fingerprint density at radius 3 is 2.46 bits per heavy atom. The summed E-state index contributed by atoms with van der Waals surface area (Å²) in [5, 5.41) is 3.35. The van der Waals surface area contributed by atoms with Gasteiger partial charge in [-0.25, -0.2) is 0 Å². The summed E-state index contributed by atoms with van der Waals surface area (Å²) >= 11 is 0. The third-order valence-corrected chi connectivity index (χ3v) is 2.85. The maximum atomic E-state index is 5.89. The molecule has 0 saturated carbocycles. The van der Waals surface area contributed by atoms with Gasteiger partial charge < -0.3 is 14.8 Å². The summed E-state index contributed by atoms with van der Waals surface area (Å²) < 4.78 is 11.2. The van der Waals surface area contributed by atoms with Crippen LogP contribution in [0, 0.1) is 0 Å². The topological polar surface area (TPSA) is 30.5 Å². The molecule has 1 spiro atoms. The zero-order valence-electron chi connectivity index (χ0n) is 7.88. The quantitative estimate of drug-likeness (QED) is 0.642. The second-order valence-electron chi connectivity index (χ2n) is 3.64. The van der Waals surface area contributed by atoms with Crippen LogP contribution in [0.2, 0.25) is 0 Å². The summed E-state index contributed by atoms with van der Waals surface area (Å²) in [6.07, 6.45) is 3.31. The van der Waals surface area contributed by atoms with Gasteiger partial charge >= 0.3 is 0 Å². The molecule has 0 aliphatic carbocycles. The molecule has 0 aromatic rings. The maximum absolute atomic E-state index is 5.89. The van der Waals surface area contributed by atoms with Crippen LogP contribution in [0.3, 0.4) is 0 Å². The highest BCUT2D eigenvalue weighted by molar-refractivity contribution is 5.85. The monoisotopic (exact) mass is 207 g/mol. The van der Waals surface area contributed by atoms with Crippen molar-refractivity contribution in [2.75, 3.05) is 32.9 Å². The van der Waals surface area contributed by atoms with E-state index in [0.29, 0.717) is 0 Å². The Hall–Kier alpha value is 0.170. The number of nitrogens with one attached hydrogen (secondary N) is 1. The fourth-order valence-corrected chi connectivity index (χ4v) is 1.99. The lowest BCUT2D eigenvalue weighted by atomic mass is 9.90. The second kappa shape index (κ2) is 5.15. The first-order valence-electron chi connectivity index (χ1n) is 4.84. The van der Waals surface area contributed by atoms with Gasteiger partial charge in [-0.2, -0.15) is 0 Å². The minimum atomic E-state index is 0. The lowest BCUT2D eigenvalue weighted by Crippen LogP contribution is -2.39. The second-order valence-corrected chi connectivity index (χ2v) is 3.64. The first kappa shape index (κ1) is 11.2. The molecule has 3 nitrogen and oxygen atoms in total. The van der Waals surface area contributed by atoms with Gasteiger partial charge in [-0.3, -0.25) is 0 Å². The van der Waals surface area contributed by atoms with Crippen LogP contribution in [0.4, 0.5) is 0 Å². The molecule has 0 bridgehead atoms. The van der Waals surface area contributed by atoms with Gasteiger partial charge in [-0.05, 0) is 25.8 Å². The standard InChI is InChI=1S/C9H17NO2.ClH/c1-4-10-5-8-12-9(1)2-6-11-7-3-9;/h10H,1-8H2;1H. The molecule has 0 aromatic heterocycles. The summed E-state index contributed by atoms with van der Waals surface area (Å²) in [6.45, 7) is 4.71. The van der Waals surface area contributed by atoms with Crippen molar-refractivity contribution in [3.8, 4) is 0 Å². The average molecular weight is 208 g/mol. The van der Waals surface area contributed by atoms with E-state index < -0.39 is 0 Å². The van der Waals surface area contributed by atoms with Crippen molar-refractivity contribution in [3.63, 3.8) is 0 Å².